The van der Waals surface area contributed by atoms with E-state index < -0.39 is 5.60 Å². The zero-order valence-corrected chi connectivity index (χ0v) is 15.7. The zero-order valence-electron chi connectivity index (χ0n) is 15.7. The zero-order chi connectivity index (χ0) is 19.1. The summed E-state index contributed by atoms with van der Waals surface area (Å²) in [7, 11) is 0. The van der Waals surface area contributed by atoms with Gasteiger partial charge in [0.25, 0.3) is 5.91 Å². The average molecular weight is 365 g/mol. The van der Waals surface area contributed by atoms with Crippen LogP contribution in [0.4, 0.5) is 0 Å². The highest BCUT2D eigenvalue weighted by atomic mass is 16.3. The van der Waals surface area contributed by atoms with E-state index in [0.29, 0.717) is 13.1 Å². The second-order valence-electron chi connectivity index (χ2n) is 7.29. The van der Waals surface area contributed by atoms with E-state index >= 15 is 0 Å². The minimum atomic E-state index is -1.00. The fourth-order valence-electron chi connectivity index (χ4n) is 4.12. The third-order valence-corrected chi connectivity index (χ3v) is 5.57. The van der Waals surface area contributed by atoms with Gasteiger partial charge in [0.05, 0.1) is 13.1 Å². The number of aliphatic hydroxyl groups is 1. The van der Waals surface area contributed by atoms with Crippen molar-refractivity contribution in [2.45, 2.75) is 18.4 Å². The molecule has 3 N–H and O–H groups in total. The van der Waals surface area contributed by atoms with Crippen LogP contribution in [0.3, 0.4) is 0 Å². The second-order valence-corrected chi connectivity index (χ2v) is 7.29. The van der Waals surface area contributed by atoms with Crippen LogP contribution >= 0.6 is 0 Å². The summed E-state index contributed by atoms with van der Waals surface area (Å²) >= 11 is 0. The van der Waals surface area contributed by atoms with Crippen molar-refractivity contribution < 1.29 is 14.8 Å². The number of carbonyl (C=O) groups excluding carboxylic acids is 1. The van der Waals surface area contributed by atoms with E-state index in [2.05, 4.69) is 11.9 Å². The topological polar surface area (TPSA) is 53.8 Å². The summed E-state index contributed by atoms with van der Waals surface area (Å²) in [6.45, 7) is 6.38. The maximum Gasteiger partial charge on any atom is 0.275 e. The van der Waals surface area contributed by atoms with E-state index in [1.807, 2.05) is 60.7 Å². The number of carbonyl (C=O) groups is 1. The number of quaternary nitrogens is 1. The van der Waals surface area contributed by atoms with Gasteiger partial charge >= 0.3 is 0 Å². The van der Waals surface area contributed by atoms with Gasteiger partial charge in [-0.2, -0.15) is 0 Å². The number of likely N-dealkylation sites (tertiary alicyclic amines) is 1. The fourth-order valence-corrected chi connectivity index (χ4v) is 4.12. The number of amides is 1. The molecule has 0 atom stereocenters. The van der Waals surface area contributed by atoms with E-state index in [9.17, 15) is 9.90 Å². The molecule has 4 heteroatoms. The summed E-state index contributed by atoms with van der Waals surface area (Å²) in [6, 6.07) is 19.9. The van der Waals surface area contributed by atoms with E-state index in [1.54, 1.807) is 6.08 Å². The molecule has 3 rings (SSSR count). The van der Waals surface area contributed by atoms with Gasteiger partial charge in [0, 0.05) is 25.3 Å². The number of benzene rings is 2. The number of nitrogens with one attached hydrogen (secondary N) is 2. The molecule has 0 aromatic heterocycles. The first-order valence-electron chi connectivity index (χ1n) is 9.69. The molecule has 2 aromatic rings. The molecule has 0 radical (unpaired) electrons. The molecule has 2 aromatic carbocycles. The summed E-state index contributed by atoms with van der Waals surface area (Å²) in [5.41, 5.74) is 0.876. The summed E-state index contributed by atoms with van der Waals surface area (Å²) in [6.07, 6.45) is 3.45. The Labute approximate surface area is 161 Å². The molecular formula is C23H29N2O2+. The molecule has 0 spiro atoms. The van der Waals surface area contributed by atoms with Gasteiger partial charge in [0.2, 0.25) is 0 Å². The van der Waals surface area contributed by atoms with Gasteiger partial charge in [-0.3, -0.25) is 4.79 Å². The van der Waals surface area contributed by atoms with Gasteiger partial charge in [0.15, 0.2) is 6.54 Å². The Morgan fingerprint density at radius 1 is 1.07 bits per heavy atom. The van der Waals surface area contributed by atoms with Gasteiger partial charge in [-0.25, -0.2) is 0 Å². The van der Waals surface area contributed by atoms with Gasteiger partial charge < -0.3 is 15.3 Å². The lowest BCUT2D eigenvalue weighted by Gasteiger charge is -2.40. The lowest BCUT2D eigenvalue weighted by atomic mass is 9.72. The van der Waals surface area contributed by atoms with E-state index in [4.69, 9.17) is 0 Å². The molecular weight excluding hydrogens is 336 g/mol. The number of hydrogen-bond donors (Lipinski definition) is 3. The molecule has 1 aliphatic heterocycles. The van der Waals surface area contributed by atoms with Gasteiger partial charge in [-0.1, -0.05) is 66.7 Å². The van der Waals surface area contributed by atoms with Crippen molar-refractivity contribution in [2.75, 3.05) is 26.2 Å². The smallest absolute Gasteiger partial charge is 0.275 e. The summed E-state index contributed by atoms with van der Waals surface area (Å²) in [5.74, 6) is 0.187. The van der Waals surface area contributed by atoms with Crippen molar-refractivity contribution in [2.24, 2.45) is 5.92 Å². The largest absolute Gasteiger partial charge is 0.380 e. The van der Waals surface area contributed by atoms with Crippen LogP contribution in [-0.4, -0.2) is 37.2 Å². The third-order valence-electron chi connectivity index (χ3n) is 5.57. The van der Waals surface area contributed by atoms with E-state index in [-0.39, 0.29) is 11.8 Å². The predicted octanol–water partition coefficient (Wildman–Crippen LogP) is 1.52. The molecule has 0 unspecified atom stereocenters. The van der Waals surface area contributed by atoms with Gasteiger partial charge in [0.1, 0.15) is 5.60 Å². The predicted molar refractivity (Wildman–Crippen MR) is 107 cm³/mol. The fraction of sp³-hybridized carbons (Fsp3) is 0.348. The molecule has 4 nitrogen and oxygen atoms in total. The van der Waals surface area contributed by atoms with Crippen LogP contribution in [0, 0.1) is 5.92 Å². The van der Waals surface area contributed by atoms with Crippen molar-refractivity contribution >= 4 is 5.91 Å². The Kier molecular flexibility index (Phi) is 6.43. The SMILES string of the molecule is C=CCNC(=O)C[NH+]1CCC(C(O)(c2ccccc2)c2ccccc2)CC1. The van der Waals surface area contributed by atoms with E-state index in [0.717, 1.165) is 37.1 Å². The summed E-state index contributed by atoms with van der Waals surface area (Å²) in [5, 5.41) is 14.7. The summed E-state index contributed by atoms with van der Waals surface area (Å²) < 4.78 is 0. The van der Waals surface area contributed by atoms with Crippen LogP contribution < -0.4 is 10.2 Å². The maximum atomic E-state index is 12.0. The molecule has 1 amide bonds. The van der Waals surface area contributed by atoms with Crippen molar-refractivity contribution in [3.8, 4) is 0 Å². The Morgan fingerprint density at radius 2 is 1.59 bits per heavy atom. The van der Waals surface area contributed by atoms with Crippen LogP contribution in [0.2, 0.25) is 0 Å². The first kappa shape index (κ1) is 19.3. The molecule has 1 aliphatic rings. The third kappa shape index (κ3) is 4.46. The number of piperidine rings is 1. The highest BCUT2D eigenvalue weighted by Gasteiger charge is 2.42. The molecule has 0 aliphatic carbocycles. The highest BCUT2D eigenvalue weighted by Crippen LogP contribution is 2.40. The maximum absolute atomic E-state index is 12.0. The Bertz CT molecular complexity index is 698. The van der Waals surface area contributed by atoms with Crippen LogP contribution in [0.25, 0.3) is 0 Å². The first-order chi connectivity index (χ1) is 13.1. The number of hydrogen-bond acceptors (Lipinski definition) is 2. The van der Waals surface area contributed by atoms with Gasteiger partial charge in [-0.05, 0) is 11.1 Å². The van der Waals surface area contributed by atoms with Crippen molar-refractivity contribution in [3.05, 3.63) is 84.4 Å². The lowest BCUT2D eigenvalue weighted by molar-refractivity contribution is -0.898. The Hall–Kier alpha value is -2.43. The molecule has 0 saturated carbocycles. The van der Waals surface area contributed by atoms with Crippen LogP contribution in [0.15, 0.2) is 73.3 Å². The van der Waals surface area contributed by atoms with Crippen molar-refractivity contribution in [3.63, 3.8) is 0 Å². The molecule has 27 heavy (non-hydrogen) atoms. The monoisotopic (exact) mass is 365 g/mol. The van der Waals surface area contributed by atoms with Crippen LogP contribution in [0.5, 0.6) is 0 Å². The van der Waals surface area contributed by atoms with E-state index in [1.165, 1.54) is 4.90 Å². The lowest BCUT2D eigenvalue weighted by Crippen LogP contribution is -3.14. The quantitative estimate of drug-likeness (QED) is 0.652. The first-order valence-corrected chi connectivity index (χ1v) is 9.69. The standard InChI is InChI=1S/C23H28N2O2/c1-2-15-24-22(26)18-25-16-13-21(14-17-25)23(27,19-9-5-3-6-10-19)20-11-7-4-8-12-20/h2-12,21,27H,1,13-18H2,(H,24,26)/p+1. The Balaban J connectivity index is 1.74. The summed E-state index contributed by atoms with van der Waals surface area (Å²) in [4.78, 5) is 13.2. The van der Waals surface area contributed by atoms with Crippen molar-refractivity contribution in [1.82, 2.24) is 5.32 Å². The minimum Gasteiger partial charge on any atom is -0.380 e. The molecule has 142 valence electrons. The minimum absolute atomic E-state index is 0.0599. The molecule has 0 bridgehead atoms. The average Bonchev–Trinajstić information content (AvgIpc) is 2.73. The highest BCUT2D eigenvalue weighted by molar-refractivity contribution is 5.76. The Morgan fingerprint density at radius 3 is 2.07 bits per heavy atom. The van der Waals surface area contributed by atoms with Crippen LogP contribution in [-0.2, 0) is 10.4 Å². The van der Waals surface area contributed by atoms with Crippen LogP contribution in [0.1, 0.15) is 24.0 Å². The van der Waals surface area contributed by atoms with Gasteiger partial charge in [-0.15, -0.1) is 6.58 Å². The molecule has 1 saturated heterocycles. The number of rotatable bonds is 7. The van der Waals surface area contributed by atoms with Crippen molar-refractivity contribution in [1.29, 1.82) is 0 Å². The molecule has 1 heterocycles. The molecule has 1 fully saturated rings. The normalized spacial score (nSPS) is 20.0. The second kappa shape index (κ2) is 8.98.